The third-order valence-electron chi connectivity index (χ3n) is 3.74. The Morgan fingerprint density at radius 3 is 2.54 bits per heavy atom. The first-order valence-corrected chi connectivity index (χ1v) is 8.10. The van der Waals surface area contributed by atoms with Gasteiger partial charge in [-0.05, 0) is 30.2 Å². The van der Waals surface area contributed by atoms with E-state index < -0.39 is 0 Å². The molecule has 122 valence electrons. The predicted octanol–water partition coefficient (Wildman–Crippen LogP) is 3.51. The number of rotatable bonds is 7. The number of pyridine rings is 1. The van der Waals surface area contributed by atoms with Crippen LogP contribution in [0.4, 0.5) is 11.8 Å². The van der Waals surface area contributed by atoms with Gasteiger partial charge in [0.25, 0.3) is 0 Å². The van der Waals surface area contributed by atoms with Crippen LogP contribution in [-0.2, 0) is 13.1 Å². The monoisotopic (exact) mass is 319 g/mol. The van der Waals surface area contributed by atoms with Gasteiger partial charge in [-0.2, -0.15) is 4.98 Å². The van der Waals surface area contributed by atoms with Gasteiger partial charge >= 0.3 is 0 Å². The summed E-state index contributed by atoms with van der Waals surface area (Å²) < 4.78 is 0. The van der Waals surface area contributed by atoms with E-state index in [4.69, 9.17) is 0 Å². The number of benzene rings is 1. The van der Waals surface area contributed by atoms with E-state index in [0.717, 1.165) is 24.5 Å². The van der Waals surface area contributed by atoms with Crippen LogP contribution in [0.1, 0.15) is 18.1 Å². The number of nitrogens with zero attached hydrogens (tertiary/aromatic N) is 4. The van der Waals surface area contributed by atoms with E-state index in [0.29, 0.717) is 12.5 Å². The van der Waals surface area contributed by atoms with E-state index >= 15 is 0 Å². The van der Waals surface area contributed by atoms with Crippen LogP contribution < -0.4 is 10.2 Å². The first-order chi connectivity index (χ1) is 11.8. The molecule has 2 aromatic heterocycles. The molecule has 0 saturated heterocycles. The molecule has 0 amide bonds. The van der Waals surface area contributed by atoms with Crippen molar-refractivity contribution in [2.24, 2.45) is 0 Å². The number of anilines is 2. The lowest BCUT2D eigenvalue weighted by Crippen LogP contribution is -2.23. The van der Waals surface area contributed by atoms with Crippen LogP contribution in [-0.4, -0.2) is 21.5 Å². The highest BCUT2D eigenvalue weighted by Gasteiger charge is 2.08. The van der Waals surface area contributed by atoms with Crippen LogP contribution in [0.25, 0.3) is 0 Å². The molecule has 0 bridgehead atoms. The quantitative estimate of drug-likeness (QED) is 0.722. The molecule has 5 heteroatoms. The largest absolute Gasteiger partial charge is 0.352 e. The highest BCUT2D eigenvalue weighted by atomic mass is 15.2. The zero-order valence-electron chi connectivity index (χ0n) is 13.8. The minimum Gasteiger partial charge on any atom is -0.352 e. The first kappa shape index (κ1) is 15.9. The van der Waals surface area contributed by atoms with Gasteiger partial charge in [0.2, 0.25) is 5.95 Å². The average Bonchev–Trinajstić information content (AvgIpc) is 2.66. The van der Waals surface area contributed by atoms with Crippen molar-refractivity contribution in [3.63, 3.8) is 0 Å². The summed E-state index contributed by atoms with van der Waals surface area (Å²) in [6.45, 7) is 4.50. The summed E-state index contributed by atoms with van der Waals surface area (Å²) in [6, 6.07) is 16.3. The lowest BCUT2D eigenvalue weighted by molar-refractivity contribution is 0.810. The van der Waals surface area contributed by atoms with Crippen LogP contribution in [0.3, 0.4) is 0 Å². The van der Waals surface area contributed by atoms with Crippen LogP contribution >= 0.6 is 0 Å². The van der Waals surface area contributed by atoms with Crippen molar-refractivity contribution in [2.75, 3.05) is 16.8 Å². The maximum absolute atomic E-state index is 4.64. The summed E-state index contributed by atoms with van der Waals surface area (Å²) in [5.41, 5.74) is 2.37. The standard InChI is InChI=1S/C19H21N5/c1-2-24(15-16-7-4-3-5-8-16)18-10-12-21-19(23-18)22-14-17-9-6-11-20-13-17/h3-13H,2,14-15H2,1H3,(H,21,22,23). The summed E-state index contributed by atoms with van der Waals surface area (Å²) in [5, 5.41) is 3.26. The first-order valence-electron chi connectivity index (χ1n) is 8.10. The fourth-order valence-corrected chi connectivity index (χ4v) is 2.45. The Balaban J connectivity index is 1.69. The van der Waals surface area contributed by atoms with E-state index in [1.807, 2.05) is 30.5 Å². The van der Waals surface area contributed by atoms with Gasteiger partial charge in [-0.15, -0.1) is 0 Å². The second-order valence-electron chi connectivity index (χ2n) is 5.45. The molecule has 0 fully saturated rings. The molecule has 24 heavy (non-hydrogen) atoms. The van der Waals surface area contributed by atoms with E-state index in [2.05, 4.69) is 56.4 Å². The minimum absolute atomic E-state index is 0.628. The Morgan fingerprint density at radius 1 is 0.958 bits per heavy atom. The Hall–Kier alpha value is -2.95. The Morgan fingerprint density at radius 2 is 1.79 bits per heavy atom. The molecule has 0 aliphatic rings. The molecule has 0 radical (unpaired) electrons. The number of nitrogens with one attached hydrogen (secondary N) is 1. The molecule has 0 spiro atoms. The third kappa shape index (κ3) is 4.29. The molecule has 2 heterocycles. The summed E-state index contributed by atoms with van der Waals surface area (Å²) in [5.74, 6) is 1.55. The zero-order valence-corrected chi connectivity index (χ0v) is 13.8. The Kier molecular flexibility index (Phi) is 5.35. The van der Waals surface area contributed by atoms with Crippen molar-refractivity contribution in [1.82, 2.24) is 15.0 Å². The fourth-order valence-electron chi connectivity index (χ4n) is 2.45. The molecule has 0 saturated carbocycles. The van der Waals surface area contributed by atoms with E-state index in [-0.39, 0.29) is 0 Å². The normalized spacial score (nSPS) is 10.4. The smallest absolute Gasteiger partial charge is 0.224 e. The average molecular weight is 319 g/mol. The Bertz CT molecular complexity index is 746. The number of aromatic nitrogens is 3. The second kappa shape index (κ2) is 8.06. The second-order valence-corrected chi connectivity index (χ2v) is 5.45. The molecule has 5 nitrogen and oxygen atoms in total. The van der Waals surface area contributed by atoms with Gasteiger partial charge in [-0.1, -0.05) is 36.4 Å². The van der Waals surface area contributed by atoms with Gasteiger partial charge < -0.3 is 10.2 Å². The summed E-state index contributed by atoms with van der Waals surface area (Å²) in [4.78, 5) is 15.3. The molecule has 1 N–H and O–H groups in total. The summed E-state index contributed by atoms with van der Waals surface area (Å²) in [7, 11) is 0. The van der Waals surface area contributed by atoms with Crippen LogP contribution in [0.5, 0.6) is 0 Å². The molecule has 1 aromatic carbocycles. The molecular weight excluding hydrogens is 298 g/mol. The molecule has 0 aliphatic carbocycles. The molecule has 0 aliphatic heterocycles. The maximum Gasteiger partial charge on any atom is 0.224 e. The molecule has 3 rings (SSSR count). The lowest BCUT2D eigenvalue weighted by Gasteiger charge is -2.22. The van der Waals surface area contributed by atoms with Gasteiger partial charge in [0, 0.05) is 38.2 Å². The predicted molar refractivity (Wildman–Crippen MR) is 96.8 cm³/mol. The van der Waals surface area contributed by atoms with E-state index in [9.17, 15) is 0 Å². The summed E-state index contributed by atoms with van der Waals surface area (Å²) in [6.07, 6.45) is 5.40. The van der Waals surface area contributed by atoms with Gasteiger partial charge in [0.15, 0.2) is 0 Å². The molecule has 0 unspecified atom stereocenters. The van der Waals surface area contributed by atoms with Crippen molar-refractivity contribution in [3.05, 3.63) is 78.2 Å². The number of hydrogen-bond acceptors (Lipinski definition) is 5. The molecule has 3 aromatic rings. The SMILES string of the molecule is CCN(Cc1ccccc1)c1ccnc(NCc2cccnc2)n1. The van der Waals surface area contributed by atoms with E-state index in [1.165, 1.54) is 5.56 Å². The van der Waals surface area contributed by atoms with Gasteiger partial charge in [-0.25, -0.2) is 4.98 Å². The van der Waals surface area contributed by atoms with Crippen LogP contribution in [0.15, 0.2) is 67.1 Å². The van der Waals surface area contributed by atoms with Crippen molar-refractivity contribution in [2.45, 2.75) is 20.0 Å². The van der Waals surface area contributed by atoms with Crippen LogP contribution in [0.2, 0.25) is 0 Å². The van der Waals surface area contributed by atoms with Gasteiger partial charge in [0.1, 0.15) is 5.82 Å². The molecule has 0 atom stereocenters. The highest BCUT2D eigenvalue weighted by molar-refractivity contribution is 5.43. The topological polar surface area (TPSA) is 53.9 Å². The van der Waals surface area contributed by atoms with Crippen molar-refractivity contribution in [1.29, 1.82) is 0 Å². The van der Waals surface area contributed by atoms with Crippen molar-refractivity contribution < 1.29 is 0 Å². The molecular formula is C19H21N5. The van der Waals surface area contributed by atoms with Crippen molar-refractivity contribution >= 4 is 11.8 Å². The highest BCUT2D eigenvalue weighted by Crippen LogP contribution is 2.15. The maximum atomic E-state index is 4.64. The van der Waals surface area contributed by atoms with Gasteiger partial charge in [-0.3, -0.25) is 4.98 Å². The van der Waals surface area contributed by atoms with Crippen LogP contribution in [0, 0.1) is 0 Å². The van der Waals surface area contributed by atoms with E-state index in [1.54, 1.807) is 12.4 Å². The Labute approximate surface area is 142 Å². The lowest BCUT2D eigenvalue weighted by atomic mass is 10.2. The van der Waals surface area contributed by atoms with Crippen molar-refractivity contribution in [3.8, 4) is 0 Å². The summed E-state index contributed by atoms with van der Waals surface area (Å²) >= 11 is 0. The minimum atomic E-state index is 0.628. The number of hydrogen-bond donors (Lipinski definition) is 1. The third-order valence-corrected chi connectivity index (χ3v) is 3.74. The van der Waals surface area contributed by atoms with Gasteiger partial charge in [0.05, 0.1) is 0 Å². The fraction of sp³-hybridized carbons (Fsp3) is 0.211. The zero-order chi connectivity index (χ0) is 16.6.